The van der Waals surface area contributed by atoms with Crippen LogP contribution in [0.2, 0.25) is 0 Å². The Hall–Kier alpha value is -0.440. The number of hydrogen-bond donors (Lipinski definition) is 0. The van der Waals surface area contributed by atoms with Gasteiger partial charge in [0.15, 0.2) is 0 Å². The van der Waals surface area contributed by atoms with Crippen molar-refractivity contribution in [2.45, 2.75) is 20.3 Å². The first-order chi connectivity index (χ1) is 4.22. The summed E-state index contributed by atoms with van der Waals surface area (Å²) in [5, 5.41) is 0.111. The zero-order valence-electron chi connectivity index (χ0n) is 5.64. The van der Waals surface area contributed by atoms with Gasteiger partial charge in [-0.15, -0.1) is 0 Å². The maximum atomic E-state index is 10.6. The average Bonchev–Trinajstić information content (AvgIpc) is 1.87. The van der Waals surface area contributed by atoms with E-state index in [-0.39, 0.29) is 10.8 Å². The van der Waals surface area contributed by atoms with Crippen molar-refractivity contribution >= 4 is 23.1 Å². The topological polar surface area (TPSA) is 26.3 Å². The summed E-state index contributed by atoms with van der Waals surface area (Å²) in [5.41, 5.74) is 0. The van der Waals surface area contributed by atoms with Crippen LogP contribution in [-0.4, -0.2) is 17.4 Å². The molecule has 0 rings (SSSR count). The van der Waals surface area contributed by atoms with Gasteiger partial charge in [-0.25, -0.2) is 0 Å². The molecule has 0 amide bonds. The second-order valence-corrected chi connectivity index (χ2v) is 1.87. The molecule has 0 unspecified atom stereocenters. The van der Waals surface area contributed by atoms with Crippen molar-refractivity contribution in [1.82, 2.24) is 0 Å². The fourth-order valence-corrected chi connectivity index (χ4v) is 0.618. The minimum atomic E-state index is -0.0909. The van der Waals surface area contributed by atoms with Crippen LogP contribution in [0.25, 0.3) is 0 Å². The van der Waals surface area contributed by atoms with E-state index >= 15 is 0 Å². The Labute approximate surface area is 60.2 Å². The summed E-state index contributed by atoms with van der Waals surface area (Å²) >= 11 is 4.60. The van der Waals surface area contributed by atoms with Crippen molar-refractivity contribution in [3.63, 3.8) is 0 Å². The summed E-state index contributed by atoms with van der Waals surface area (Å²) in [5.74, 6) is -0.0909. The van der Waals surface area contributed by atoms with Crippen LogP contribution in [0, 0.1) is 0 Å². The van der Waals surface area contributed by atoms with Gasteiger partial charge >= 0.3 is 0 Å². The third-order valence-corrected chi connectivity index (χ3v) is 1.17. The quantitative estimate of drug-likeness (QED) is 0.562. The van der Waals surface area contributed by atoms with Gasteiger partial charge in [0.05, 0.1) is 6.61 Å². The van der Waals surface area contributed by atoms with E-state index in [9.17, 15) is 4.79 Å². The van der Waals surface area contributed by atoms with Crippen molar-refractivity contribution in [3.8, 4) is 0 Å². The van der Waals surface area contributed by atoms with Crippen LogP contribution in [-0.2, 0) is 9.53 Å². The first kappa shape index (κ1) is 8.56. The molecule has 0 fully saturated rings. The number of carbonyl (C=O) groups excluding carboxylic acids is 1. The number of ketones is 1. The molecular weight excluding hydrogens is 136 g/mol. The SMILES string of the molecule is CCOC(=S)C(=O)CC. The highest BCUT2D eigenvalue weighted by Crippen LogP contribution is 1.88. The molecule has 0 aromatic rings. The largest absolute Gasteiger partial charge is 0.481 e. The molecule has 0 saturated carbocycles. The number of thiocarbonyl (C=S) groups is 1. The Balaban J connectivity index is 3.60. The monoisotopic (exact) mass is 146 g/mol. The molecule has 3 heteroatoms. The first-order valence-electron chi connectivity index (χ1n) is 2.92. The lowest BCUT2D eigenvalue weighted by Gasteiger charge is -1.99. The summed E-state index contributed by atoms with van der Waals surface area (Å²) in [6.07, 6.45) is 0.429. The van der Waals surface area contributed by atoms with Gasteiger partial charge in [0, 0.05) is 6.42 Å². The summed E-state index contributed by atoms with van der Waals surface area (Å²) in [6.45, 7) is 4.04. The fourth-order valence-electron chi connectivity index (χ4n) is 0.356. The van der Waals surface area contributed by atoms with Crippen LogP contribution < -0.4 is 0 Å². The standard InChI is InChI=1S/C6H10O2S/c1-3-5(7)6(9)8-4-2/h3-4H2,1-2H3. The minimum Gasteiger partial charge on any atom is -0.481 e. The van der Waals surface area contributed by atoms with Crippen molar-refractivity contribution in [3.05, 3.63) is 0 Å². The van der Waals surface area contributed by atoms with Crippen LogP contribution in [0.5, 0.6) is 0 Å². The third kappa shape index (κ3) is 3.19. The predicted molar refractivity (Wildman–Crippen MR) is 39.5 cm³/mol. The van der Waals surface area contributed by atoms with Gasteiger partial charge in [-0.3, -0.25) is 4.79 Å². The smallest absolute Gasteiger partial charge is 0.228 e. The molecule has 0 radical (unpaired) electrons. The van der Waals surface area contributed by atoms with E-state index in [0.29, 0.717) is 13.0 Å². The molecule has 0 saturated heterocycles. The molecular formula is C6H10O2S. The van der Waals surface area contributed by atoms with E-state index in [1.807, 2.05) is 0 Å². The summed E-state index contributed by atoms with van der Waals surface area (Å²) in [4.78, 5) is 10.6. The molecule has 0 spiro atoms. The number of hydrogen-bond acceptors (Lipinski definition) is 3. The molecule has 0 aliphatic carbocycles. The van der Waals surface area contributed by atoms with Crippen molar-refractivity contribution in [2.75, 3.05) is 6.61 Å². The zero-order chi connectivity index (χ0) is 7.28. The van der Waals surface area contributed by atoms with Gasteiger partial charge in [0.1, 0.15) is 0 Å². The Morgan fingerprint density at radius 1 is 1.56 bits per heavy atom. The van der Waals surface area contributed by atoms with E-state index < -0.39 is 0 Å². The summed E-state index contributed by atoms with van der Waals surface area (Å²) in [7, 11) is 0. The molecule has 52 valence electrons. The van der Waals surface area contributed by atoms with Crippen molar-refractivity contribution in [2.24, 2.45) is 0 Å². The summed E-state index contributed by atoms with van der Waals surface area (Å²) < 4.78 is 4.78. The fraction of sp³-hybridized carbons (Fsp3) is 0.667. The van der Waals surface area contributed by atoms with Gasteiger partial charge in [0.25, 0.3) is 0 Å². The van der Waals surface area contributed by atoms with Gasteiger partial charge in [-0.1, -0.05) is 6.92 Å². The molecule has 0 heterocycles. The Morgan fingerprint density at radius 3 is 2.44 bits per heavy atom. The lowest BCUT2D eigenvalue weighted by atomic mass is 10.3. The molecule has 0 aliphatic rings. The second kappa shape index (κ2) is 4.44. The third-order valence-electron chi connectivity index (χ3n) is 0.824. The van der Waals surface area contributed by atoms with Crippen LogP contribution in [0.4, 0.5) is 0 Å². The van der Waals surface area contributed by atoms with E-state index in [1.54, 1.807) is 13.8 Å². The highest BCUT2D eigenvalue weighted by atomic mass is 32.1. The zero-order valence-corrected chi connectivity index (χ0v) is 6.46. The van der Waals surface area contributed by atoms with Crippen molar-refractivity contribution in [1.29, 1.82) is 0 Å². The molecule has 2 nitrogen and oxygen atoms in total. The van der Waals surface area contributed by atoms with Gasteiger partial charge in [-0.2, -0.15) is 0 Å². The highest BCUT2D eigenvalue weighted by Gasteiger charge is 2.04. The maximum absolute atomic E-state index is 10.6. The van der Waals surface area contributed by atoms with Crippen LogP contribution >= 0.6 is 12.2 Å². The maximum Gasteiger partial charge on any atom is 0.228 e. The number of Topliss-reactive ketones (excluding diaryl/α,β-unsaturated/α-hetero) is 1. The molecule has 0 aliphatic heterocycles. The second-order valence-electron chi connectivity index (χ2n) is 1.50. The van der Waals surface area contributed by atoms with Gasteiger partial charge < -0.3 is 4.74 Å². The molecule has 0 aromatic heterocycles. The van der Waals surface area contributed by atoms with E-state index in [1.165, 1.54) is 0 Å². The Kier molecular flexibility index (Phi) is 4.22. The molecule has 9 heavy (non-hydrogen) atoms. The lowest BCUT2D eigenvalue weighted by molar-refractivity contribution is -0.113. The van der Waals surface area contributed by atoms with Crippen LogP contribution in [0.3, 0.4) is 0 Å². The van der Waals surface area contributed by atoms with Gasteiger partial charge in [0.2, 0.25) is 10.8 Å². The predicted octanol–water partition coefficient (Wildman–Crippen LogP) is 1.33. The van der Waals surface area contributed by atoms with Crippen molar-refractivity contribution < 1.29 is 9.53 Å². The molecule has 0 atom stereocenters. The number of carbonyl (C=O) groups is 1. The molecule has 0 aromatic carbocycles. The minimum absolute atomic E-state index is 0.0909. The number of ether oxygens (including phenoxy) is 1. The van der Waals surface area contributed by atoms with E-state index in [0.717, 1.165) is 0 Å². The average molecular weight is 146 g/mol. The Bertz CT molecular complexity index is 120. The number of rotatable bonds is 3. The van der Waals surface area contributed by atoms with Crippen LogP contribution in [0.1, 0.15) is 20.3 Å². The first-order valence-corrected chi connectivity index (χ1v) is 3.33. The molecule has 0 bridgehead atoms. The normalized spacial score (nSPS) is 8.67. The van der Waals surface area contributed by atoms with Crippen LogP contribution in [0.15, 0.2) is 0 Å². The lowest BCUT2D eigenvalue weighted by Crippen LogP contribution is -2.13. The summed E-state index contributed by atoms with van der Waals surface area (Å²) in [6, 6.07) is 0. The van der Waals surface area contributed by atoms with Gasteiger partial charge in [-0.05, 0) is 19.1 Å². The molecule has 0 N–H and O–H groups in total. The highest BCUT2D eigenvalue weighted by molar-refractivity contribution is 7.81. The van der Waals surface area contributed by atoms with E-state index in [4.69, 9.17) is 4.74 Å². The van der Waals surface area contributed by atoms with E-state index in [2.05, 4.69) is 12.2 Å². The Morgan fingerprint density at radius 2 is 2.11 bits per heavy atom.